The van der Waals surface area contributed by atoms with Crippen molar-refractivity contribution in [2.75, 3.05) is 0 Å². The first-order valence-corrected chi connectivity index (χ1v) is 7.90. The highest BCUT2D eigenvalue weighted by Crippen LogP contribution is 2.15. The molecule has 4 heteroatoms. The first-order chi connectivity index (χ1) is 11.5. The molecule has 2 aromatic rings. The molecular weight excluding hydrogens is 300 g/mol. The number of nitrogens with two attached hydrogens (primary N) is 1. The van der Waals surface area contributed by atoms with Gasteiger partial charge in [-0.1, -0.05) is 68.4 Å². The van der Waals surface area contributed by atoms with E-state index in [-0.39, 0.29) is 5.91 Å². The van der Waals surface area contributed by atoms with Crippen molar-refractivity contribution in [2.24, 2.45) is 5.73 Å². The van der Waals surface area contributed by atoms with Gasteiger partial charge in [-0.3, -0.25) is 9.59 Å². The van der Waals surface area contributed by atoms with Crippen LogP contribution in [0.25, 0.3) is 6.08 Å². The maximum absolute atomic E-state index is 12.1. The van der Waals surface area contributed by atoms with Gasteiger partial charge in [-0.05, 0) is 28.7 Å². The zero-order valence-electron chi connectivity index (χ0n) is 13.9. The Balaban J connectivity index is 2.04. The van der Waals surface area contributed by atoms with Gasteiger partial charge in [0.05, 0.1) is 0 Å². The number of rotatable bonds is 6. The Morgan fingerprint density at radius 2 is 1.58 bits per heavy atom. The first-order valence-electron chi connectivity index (χ1n) is 7.90. The van der Waals surface area contributed by atoms with Crippen molar-refractivity contribution in [1.29, 1.82) is 0 Å². The number of nitrogens with one attached hydrogen (secondary N) is 1. The molecule has 2 rings (SSSR count). The van der Waals surface area contributed by atoms with E-state index in [0.717, 1.165) is 5.56 Å². The van der Waals surface area contributed by atoms with Gasteiger partial charge in [0.2, 0.25) is 11.8 Å². The Hall–Kier alpha value is -2.88. The predicted octanol–water partition coefficient (Wildman–Crippen LogP) is 3.17. The fourth-order valence-corrected chi connectivity index (χ4v) is 2.32. The minimum atomic E-state index is -0.841. The van der Waals surface area contributed by atoms with Crippen LogP contribution < -0.4 is 11.1 Å². The summed E-state index contributed by atoms with van der Waals surface area (Å²) < 4.78 is 0. The SMILES string of the molecule is CC(C)c1ccc(/C=C/C(=O)NC(C(N)=O)c2ccccc2)cc1. The van der Waals surface area contributed by atoms with Crippen LogP contribution in [0.1, 0.15) is 42.5 Å². The largest absolute Gasteiger partial charge is 0.368 e. The Morgan fingerprint density at radius 3 is 2.12 bits per heavy atom. The van der Waals surface area contributed by atoms with Crippen LogP contribution in [0, 0.1) is 0 Å². The molecule has 1 atom stereocenters. The molecule has 24 heavy (non-hydrogen) atoms. The molecule has 2 aromatic carbocycles. The summed E-state index contributed by atoms with van der Waals surface area (Å²) in [5.41, 5.74) is 8.22. The highest BCUT2D eigenvalue weighted by molar-refractivity contribution is 5.95. The zero-order valence-corrected chi connectivity index (χ0v) is 13.9. The van der Waals surface area contributed by atoms with Gasteiger partial charge in [0, 0.05) is 6.08 Å². The normalized spacial score (nSPS) is 12.3. The Morgan fingerprint density at radius 1 is 0.958 bits per heavy atom. The molecule has 0 bridgehead atoms. The van der Waals surface area contributed by atoms with Gasteiger partial charge in [0.25, 0.3) is 0 Å². The molecule has 4 nitrogen and oxygen atoms in total. The smallest absolute Gasteiger partial charge is 0.244 e. The number of carbonyl (C=O) groups is 2. The van der Waals surface area contributed by atoms with Gasteiger partial charge in [-0.15, -0.1) is 0 Å². The number of benzene rings is 2. The summed E-state index contributed by atoms with van der Waals surface area (Å²) in [5, 5.41) is 2.63. The topological polar surface area (TPSA) is 72.2 Å². The molecule has 0 aliphatic heterocycles. The lowest BCUT2D eigenvalue weighted by atomic mass is 10.0. The van der Waals surface area contributed by atoms with Crippen LogP contribution in [0.15, 0.2) is 60.7 Å². The van der Waals surface area contributed by atoms with Gasteiger partial charge in [0.1, 0.15) is 6.04 Å². The highest BCUT2D eigenvalue weighted by Gasteiger charge is 2.18. The van der Waals surface area contributed by atoms with Crippen LogP contribution in [0.4, 0.5) is 0 Å². The van der Waals surface area contributed by atoms with Crippen LogP contribution >= 0.6 is 0 Å². The van der Waals surface area contributed by atoms with Crippen LogP contribution in [-0.2, 0) is 9.59 Å². The van der Waals surface area contributed by atoms with E-state index in [1.807, 2.05) is 30.3 Å². The molecule has 0 radical (unpaired) electrons. The average Bonchev–Trinajstić information content (AvgIpc) is 2.58. The van der Waals surface area contributed by atoms with Crippen molar-refractivity contribution in [1.82, 2.24) is 5.32 Å². The van der Waals surface area contributed by atoms with Gasteiger partial charge < -0.3 is 11.1 Å². The third kappa shape index (κ3) is 4.81. The van der Waals surface area contributed by atoms with E-state index in [1.165, 1.54) is 11.6 Å². The van der Waals surface area contributed by atoms with E-state index < -0.39 is 11.9 Å². The minimum Gasteiger partial charge on any atom is -0.368 e. The van der Waals surface area contributed by atoms with Crippen LogP contribution in [-0.4, -0.2) is 11.8 Å². The van der Waals surface area contributed by atoms with Gasteiger partial charge in [-0.25, -0.2) is 0 Å². The second kappa shape index (κ2) is 8.11. The van der Waals surface area contributed by atoms with Gasteiger partial charge >= 0.3 is 0 Å². The van der Waals surface area contributed by atoms with Gasteiger partial charge in [-0.2, -0.15) is 0 Å². The number of hydrogen-bond donors (Lipinski definition) is 2. The van der Waals surface area contributed by atoms with Crippen LogP contribution in [0.2, 0.25) is 0 Å². The molecule has 0 heterocycles. The van der Waals surface area contributed by atoms with Crippen LogP contribution in [0.3, 0.4) is 0 Å². The van der Waals surface area contributed by atoms with Gasteiger partial charge in [0.15, 0.2) is 0 Å². The molecule has 0 aliphatic rings. The third-order valence-electron chi connectivity index (χ3n) is 3.73. The van der Waals surface area contributed by atoms with E-state index in [1.54, 1.807) is 30.3 Å². The summed E-state index contributed by atoms with van der Waals surface area (Å²) in [6, 6.07) is 16.1. The lowest BCUT2D eigenvalue weighted by Crippen LogP contribution is -2.36. The fraction of sp³-hybridized carbons (Fsp3) is 0.200. The molecule has 124 valence electrons. The van der Waals surface area contributed by atoms with E-state index >= 15 is 0 Å². The summed E-state index contributed by atoms with van der Waals surface area (Å²) in [6.45, 7) is 4.26. The highest BCUT2D eigenvalue weighted by atomic mass is 16.2. The van der Waals surface area contributed by atoms with Crippen molar-refractivity contribution >= 4 is 17.9 Å². The third-order valence-corrected chi connectivity index (χ3v) is 3.73. The Kier molecular flexibility index (Phi) is 5.90. The lowest BCUT2D eigenvalue weighted by molar-refractivity contribution is -0.125. The van der Waals surface area contributed by atoms with E-state index in [2.05, 4.69) is 19.2 Å². The second-order valence-corrected chi connectivity index (χ2v) is 5.91. The molecule has 0 saturated heterocycles. The maximum atomic E-state index is 12.1. The monoisotopic (exact) mass is 322 g/mol. The summed E-state index contributed by atoms with van der Waals surface area (Å²) >= 11 is 0. The number of amides is 2. The number of primary amides is 1. The maximum Gasteiger partial charge on any atom is 0.244 e. The van der Waals surface area contributed by atoms with E-state index in [0.29, 0.717) is 11.5 Å². The van der Waals surface area contributed by atoms with Crippen molar-refractivity contribution in [3.05, 3.63) is 77.4 Å². The van der Waals surface area contributed by atoms with Crippen molar-refractivity contribution in [3.63, 3.8) is 0 Å². The Labute approximate surface area is 142 Å². The molecule has 0 aromatic heterocycles. The van der Waals surface area contributed by atoms with Crippen LogP contribution in [0.5, 0.6) is 0 Å². The van der Waals surface area contributed by atoms with Crippen molar-refractivity contribution in [2.45, 2.75) is 25.8 Å². The Bertz CT molecular complexity index is 719. The summed E-state index contributed by atoms with van der Waals surface area (Å²) in [7, 11) is 0. The summed E-state index contributed by atoms with van der Waals surface area (Å²) in [6.07, 6.45) is 3.12. The molecule has 0 aliphatic carbocycles. The zero-order chi connectivity index (χ0) is 17.5. The molecule has 0 saturated carbocycles. The second-order valence-electron chi connectivity index (χ2n) is 5.91. The summed E-state index contributed by atoms with van der Waals surface area (Å²) in [4.78, 5) is 23.7. The van der Waals surface area contributed by atoms with Crippen molar-refractivity contribution < 1.29 is 9.59 Å². The predicted molar refractivity (Wildman–Crippen MR) is 96.1 cm³/mol. The van der Waals surface area contributed by atoms with E-state index in [4.69, 9.17) is 5.73 Å². The molecular formula is C20H22N2O2. The number of carbonyl (C=O) groups excluding carboxylic acids is 2. The molecule has 1 unspecified atom stereocenters. The lowest BCUT2D eigenvalue weighted by Gasteiger charge is -2.14. The molecule has 0 fully saturated rings. The standard InChI is InChI=1S/C20H22N2O2/c1-14(2)16-11-8-15(9-12-16)10-13-18(23)22-19(20(21)24)17-6-4-3-5-7-17/h3-14,19H,1-2H3,(H2,21,24)(H,22,23)/b13-10+. The molecule has 3 N–H and O–H groups in total. The average molecular weight is 322 g/mol. The summed E-state index contributed by atoms with van der Waals surface area (Å²) in [5.74, 6) is -0.492. The molecule has 0 spiro atoms. The van der Waals surface area contributed by atoms with E-state index in [9.17, 15) is 9.59 Å². The fourth-order valence-electron chi connectivity index (χ4n) is 2.32. The minimum absolute atomic E-state index is 0.365. The molecule has 2 amide bonds. The first kappa shape index (κ1) is 17.5. The number of hydrogen-bond acceptors (Lipinski definition) is 2. The quantitative estimate of drug-likeness (QED) is 0.802. The van der Waals surface area contributed by atoms with Crippen molar-refractivity contribution in [3.8, 4) is 0 Å².